The molecule has 26 heavy (non-hydrogen) atoms. The summed E-state index contributed by atoms with van der Waals surface area (Å²) in [6, 6.07) is 22.0. The summed E-state index contributed by atoms with van der Waals surface area (Å²) in [5.41, 5.74) is 4.57. The molecule has 126 valence electrons. The van der Waals surface area contributed by atoms with Crippen LogP contribution in [-0.2, 0) is 0 Å². The van der Waals surface area contributed by atoms with Crippen molar-refractivity contribution in [2.45, 2.75) is 13.0 Å². The summed E-state index contributed by atoms with van der Waals surface area (Å²) in [5.74, 6) is 0.794. The predicted octanol–water partition coefficient (Wildman–Crippen LogP) is 4.67. The molecule has 0 radical (unpaired) electrons. The number of fused-ring (bicyclic) bond motifs is 1. The Hall–Kier alpha value is -3.65. The number of aromatic amines is 1. The van der Waals surface area contributed by atoms with Gasteiger partial charge in [0.15, 0.2) is 0 Å². The van der Waals surface area contributed by atoms with E-state index in [9.17, 15) is 0 Å². The monoisotopic (exact) mass is 339 g/mol. The first-order valence-electron chi connectivity index (χ1n) is 8.40. The van der Waals surface area contributed by atoms with Crippen molar-refractivity contribution in [1.82, 2.24) is 15.0 Å². The standard InChI is InChI=1S/C21H17N5/c1-14(16-5-3-2-4-6-16)25-20-18-11-19(26-21(18)24-13-23-20)17-9-7-15(12-22)8-10-17/h2-11,13-14H,1H3,(H2,23,24,25,26)/t14-/m1/s1. The van der Waals surface area contributed by atoms with Crippen molar-refractivity contribution in [2.75, 3.05) is 5.32 Å². The van der Waals surface area contributed by atoms with Gasteiger partial charge in [0.2, 0.25) is 0 Å². The van der Waals surface area contributed by atoms with Gasteiger partial charge in [-0.15, -0.1) is 0 Å². The Kier molecular flexibility index (Phi) is 4.08. The second-order valence-electron chi connectivity index (χ2n) is 6.13. The van der Waals surface area contributed by atoms with Crippen LogP contribution in [-0.4, -0.2) is 15.0 Å². The van der Waals surface area contributed by atoms with Gasteiger partial charge in [0.05, 0.1) is 17.0 Å². The van der Waals surface area contributed by atoms with Gasteiger partial charge in [-0.05, 0) is 36.2 Å². The SMILES string of the molecule is C[C@@H](Nc1ncnc2[nH]c(-c3ccc(C#N)cc3)cc12)c1ccccc1. The number of nitrogens with zero attached hydrogens (tertiary/aromatic N) is 3. The van der Waals surface area contributed by atoms with E-state index in [1.807, 2.05) is 48.5 Å². The molecule has 2 N–H and O–H groups in total. The lowest BCUT2D eigenvalue weighted by atomic mass is 10.1. The molecule has 4 rings (SSSR count). The quantitative estimate of drug-likeness (QED) is 0.566. The average molecular weight is 339 g/mol. The Morgan fingerprint density at radius 1 is 1.04 bits per heavy atom. The highest BCUT2D eigenvalue weighted by molar-refractivity contribution is 5.91. The number of benzene rings is 2. The number of aromatic nitrogens is 3. The average Bonchev–Trinajstić information content (AvgIpc) is 3.14. The maximum absolute atomic E-state index is 8.94. The first-order valence-corrected chi connectivity index (χ1v) is 8.40. The molecule has 0 aliphatic rings. The number of nitrogens with one attached hydrogen (secondary N) is 2. The summed E-state index contributed by atoms with van der Waals surface area (Å²) in [5, 5.41) is 13.4. The lowest BCUT2D eigenvalue weighted by Crippen LogP contribution is -2.08. The van der Waals surface area contributed by atoms with Crippen molar-refractivity contribution in [3.05, 3.63) is 78.1 Å². The fraction of sp³-hybridized carbons (Fsp3) is 0.0952. The van der Waals surface area contributed by atoms with Gasteiger partial charge in [-0.1, -0.05) is 42.5 Å². The number of nitriles is 1. The maximum atomic E-state index is 8.94. The van der Waals surface area contributed by atoms with E-state index in [4.69, 9.17) is 5.26 Å². The minimum Gasteiger partial charge on any atom is -0.363 e. The molecule has 0 aliphatic carbocycles. The minimum absolute atomic E-state index is 0.127. The summed E-state index contributed by atoms with van der Waals surface area (Å²) in [6.07, 6.45) is 1.56. The van der Waals surface area contributed by atoms with Crippen LogP contribution in [0.15, 0.2) is 67.0 Å². The molecule has 5 heteroatoms. The molecule has 0 saturated carbocycles. The second kappa shape index (κ2) is 6.69. The zero-order chi connectivity index (χ0) is 17.9. The van der Waals surface area contributed by atoms with E-state index in [1.165, 1.54) is 5.56 Å². The molecule has 0 fully saturated rings. The first-order chi connectivity index (χ1) is 12.7. The van der Waals surface area contributed by atoms with Crippen LogP contribution >= 0.6 is 0 Å². The van der Waals surface area contributed by atoms with E-state index in [0.29, 0.717) is 5.56 Å². The number of anilines is 1. The summed E-state index contributed by atoms with van der Waals surface area (Å²) in [6.45, 7) is 2.11. The Bertz CT molecular complexity index is 1080. The lowest BCUT2D eigenvalue weighted by Gasteiger charge is -2.15. The molecule has 2 aromatic carbocycles. The fourth-order valence-electron chi connectivity index (χ4n) is 2.96. The highest BCUT2D eigenvalue weighted by Gasteiger charge is 2.12. The number of hydrogen-bond donors (Lipinski definition) is 2. The van der Waals surface area contributed by atoms with Gasteiger partial charge in [0, 0.05) is 11.7 Å². The highest BCUT2D eigenvalue weighted by Crippen LogP contribution is 2.28. The molecular formula is C21H17N5. The normalized spacial score (nSPS) is 11.8. The molecule has 0 amide bonds. The maximum Gasteiger partial charge on any atom is 0.143 e. The molecule has 2 heterocycles. The topological polar surface area (TPSA) is 77.4 Å². The molecular weight excluding hydrogens is 322 g/mol. The Morgan fingerprint density at radius 3 is 2.54 bits per heavy atom. The number of hydrogen-bond acceptors (Lipinski definition) is 4. The first kappa shape index (κ1) is 15.9. The Balaban J connectivity index is 1.68. The summed E-state index contributed by atoms with van der Waals surface area (Å²) < 4.78 is 0. The second-order valence-corrected chi connectivity index (χ2v) is 6.13. The molecule has 4 aromatic rings. The third-order valence-corrected chi connectivity index (χ3v) is 4.40. The van der Waals surface area contributed by atoms with Crippen LogP contribution in [0.5, 0.6) is 0 Å². The van der Waals surface area contributed by atoms with Crippen molar-refractivity contribution in [3.8, 4) is 17.3 Å². The lowest BCUT2D eigenvalue weighted by molar-refractivity contribution is 0.876. The van der Waals surface area contributed by atoms with E-state index in [0.717, 1.165) is 28.1 Å². The molecule has 0 bridgehead atoms. The van der Waals surface area contributed by atoms with Crippen molar-refractivity contribution < 1.29 is 0 Å². The molecule has 0 spiro atoms. The van der Waals surface area contributed by atoms with Crippen LogP contribution < -0.4 is 5.32 Å². The minimum atomic E-state index is 0.127. The van der Waals surface area contributed by atoms with Gasteiger partial charge in [0.1, 0.15) is 17.8 Å². The largest absolute Gasteiger partial charge is 0.363 e. The van der Waals surface area contributed by atoms with Crippen LogP contribution in [0.25, 0.3) is 22.3 Å². The van der Waals surface area contributed by atoms with Crippen LogP contribution in [0.1, 0.15) is 24.1 Å². The Labute approximate surface area is 151 Å². The van der Waals surface area contributed by atoms with Crippen molar-refractivity contribution in [3.63, 3.8) is 0 Å². The van der Waals surface area contributed by atoms with E-state index >= 15 is 0 Å². The van der Waals surface area contributed by atoms with Crippen LogP contribution in [0.4, 0.5) is 5.82 Å². The molecule has 0 unspecified atom stereocenters. The zero-order valence-corrected chi connectivity index (χ0v) is 14.3. The van der Waals surface area contributed by atoms with Crippen molar-refractivity contribution in [2.24, 2.45) is 0 Å². The van der Waals surface area contributed by atoms with Crippen LogP contribution in [0.3, 0.4) is 0 Å². The Morgan fingerprint density at radius 2 is 1.81 bits per heavy atom. The zero-order valence-electron chi connectivity index (χ0n) is 14.3. The summed E-state index contributed by atoms with van der Waals surface area (Å²) in [7, 11) is 0. The van der Waals surface area contributed by atoms with Gasteiger partial charge in [0.25, 0.3) is 0 Å². The van der Waals surface area contributed by atoms with Gasteiger partial charge < -0.3 is 10.3 Å². The summed E-state index contributed by atoms with van der Waals surface area (Å²) >= 11 is 0. The van der Waals surface area contributed by atoms with Gasteiger partial charge in [-0.3, -0.25) is 0 Å². The molecule has 0 aliphatic heterocycles. The summed E-state index contributed by atoms with van der Waals surface area (Å²) in [4.78, 5) is 12.1. The highest BCUT2D eigenvalue weighted by atomic mass is 15.1. The van der Waals surface area contributed by atoms with Crippen molar-refractivity contribution >= 4 is 16.9 Å². The predicted molar refractivity (Wildman–Crippen MR) is 103 cm³/mol. The van der Waals surface area contributed by atoms with E-state index in [2.05, 4.69) is 45.4 Å². The van der Waals surface area contributed by atoms with Crippen LogP contribution in [0, 0.1) is 11.3 Å². The van der Waals surface area contributed by atoms with Crippen molar-refractivity contribution in [1.29, 1.82) is 5.26 Å². The molecule has 0 saturated heterocycles. The van der Waals surface area contributed by atoms with Gasteiger partial charge in [-0.2, -0.15) is 5.26 Å². The fourth-order valence-corrected chi connectivity index (χ4v) is 2.96. The smallest absolute Gasteiger partial charge is 0.143 e. The van der Waals surface area contributed by atoms with E-state index in [-0.39, 0.29) is 6.04 Å². The van der Waals surface area contributed by atoms with Gasteiger partial charge in [-0.25, -0.2) is 9.97 Å². The molecule has 2 aromatic heterocycles. The molecule has 5 nitrogen and oxygen atoms in total. The third-order valence-electron chi connectivity index (χ3n) is 4.40. The number of H-pyrrole nitrogens is 1. The number of rotatable bonds is 4. The molecule has 1 atom stereocenters. The third kappa shape index (κ3) is 3.01. The van der Waals surface area contributed by atoms with E-state index < -0.39 is 0 Å². The van der Waals surface area contributed by atoms with E-state index in [1.54, 1.807) is 6.33 Å². The van der Waals surface area contributed by atoms with Gasteiger partial charge >= 0.3 is 0 Å². The van der Waals surface area contributed by atoms with Crippen LogP contribution in [0.2, 0.25) is 0 Å².